The average molecular weight is 396 g/mol. The zero-order valence-electron chi connectivity index (χ0n) is 15.9. The van der Waals surface area contributed by atoms with Gasteiger partial charge in [-0.3, -0.25) is 14.5 Å². The highest BCUT2D eigenvalue weighted by molar-refractivity contribution is 6.30. The lowest BCUT2D eigenvalue weighted by Gasteiger charge is -2.28. The fraction of sp³-hybridized carbons (Fsp3) is 0.273. The predicted octanol–water partition coefficient (Wildman–Crippen LogP) is 3.80. The zero-order valence-corrected chi connectivity index (χ0v) is 16.7. The van der Waals surface area contributed by atoms with E-state index in [4.69, 9.17) is 11.6 Å². The van der Waals surface area contributed by atoms with E-state index in [1.165, 1.54) is 0 Å². The van der Waals surface area contributed by atoms with E-state index < -0.39 is 0 Å². The van der Waals surface area contributed by atoms with Crippen molar-refractivity contribution in [3.63, 3.8) is 0 Å². The van der Waals surface area contributed by atoms with Gasteiger partial charge < -0.3 is 10.3 Å². The number of benzene rings is 2. The number of hydrogen-bond donors (Lipinski definition) is 2. The Bertz CT molecular complexity index is 1120. The highest BCUT2D eigenvalue weighted by atomic mass is 35.5. The van der Waals surface area contributed by atoms with Gasteiger partial charge in [0.2, 0.25) is 5.91 Å². The summed E-state index contributed by atoms with van der Waals surface area (Å²) in [5, 5.41) is 4.23. The lowest BCUT2D eigenvalue weighted by Crippen LogP contribution is -2.39. The van der Waals surface area contributed by atoms with Crippen LogP contribution >= 0.6 is 11.6 Å². The quantitative estimate of drug-likeness (QED) is 0.709. The number of rotatable bonds is 3. The summed E-state index contributed by atoms with van der Waals surface area (Å²) in [6.07, 6.45) is 0.724. The second kappa shape index (κ2) is 7.41. The number of aromatic amines is 1. The van der Waals surface area contributed by atoms with Crippen molar-refractivity contribution in [3.8, 4) is 0 Å². The molecule has 0 spiro atoms. The van der Waals surface area contributed by atoms with Crippen LogP contribution in [-0.4, -0.2) is 28.9 Å². The molecule has 0 atom stereocenters. The molecule has 0 fully saturated rings. The number of aromatic nitrogens is 1. The fourth-order valence-corrected chi connectivity index (χ4v) is 3.99. The second-order valence-corrected chi connectivity index (χ2v) is 7.87. The Labute approximate surface area is 168 Å². The molecule has 5 nitrogen and oxygen atoms in total. The van der Waals surface area contributed by atoms with Crippen LogP contribution in [0.2, 0.25) is 5.02 Å². The highest BCUT2D eigenvalue weighted by Gasteiger charge is 2.23. The van der Waals surface area contributed by atoms with Gasteiger partial charge in [-0.05, 0) is 55.3 Å². The topological polar surface area (TPSA) is 65.2 Å². The highest BCUT2D eigenvalue weighted by Crippen LogP contribution is 2.22. The smallest absolute Gasteiger partial charge is 0.238 e. The van der Waals surface area contributed by atoms with Crippen LogP contribution in [0, 0.1) is 13.8 Å². The van der Waals surface area contributed by atoms with Gasteiger partial charge in [0.15, 0.2) is 5.43 Å². The van der Waals surface area contributed by atoms with E-state index in [2.05, 4.69) is 16.4 Å². The summed E-state index contributed by atoms with van der Waals surface area (Å²) in [5.41, 5.74) is 5.61. The number of aryl methyl sites for hydroxylation is 2. The molecular weight excluding hydrogens is 374 g/mol. The van der Waals surface area contributed by atoms with E-state index in [0.717, 1.165) is 46.3 Å². The van der Waals surface area contributed by atoms with E-state index in [1.807, 2.05) is 24.8 Å². The molecule has 0 radical (unpaired) electrons. The van der Waals surface area contributed by atoms with Gasteiger partial charge in [-0.2, -0.15) is 0 Å². The van der Waals surface area contributed by atoms with Gasteiger partial charge in [0, 0.05) is 46.9 Å². The molecule has 0 aliphatic carbocycles. The minimum atomic E-state index is -0.102. The van der Waals surface area contributed by atoms with Gasteiger partial charge in [-0.25, -0.2) is 0 Å². The van der Waals surface area contributed by atoms with Crippen molar-refractivity contribution in [1.29, 1.82) is 0 Å². The number of nitrogens with one attached hydrogen (secondary N) is 2. The number of fused-ring (bicyclic) bond motifs is 2. The maximum atomic E-state index is 13.1. The summed E-state index contributed by atoms with van der Waals surface area (Å²) in [4.78, 5) is 30.9. The third-order valence-electron chi connectivity index (χ3n) is 5.19. The summed E-state index contributed by atoms with van der Waals surface area (Å²) in [6, 6.07) is 11.0. The lowest BCUT2D eigenvalue weighted by atomic mass is 9.99. The van der Waals surface area contributed by atoms with Crippen molar-refractivity contribution < 1.29 is 4.79 Å². The molecule has 1 aliphatic heterocycles. The number of hydrogen-bond acceptors (Lipinski definition) is 3. The Hall–Kier alpha value is -2.63. The van der Waals surface area contributed by atoms with Crippen LogP contribution in [-0.2, 0) is 17.8 Å². The normalized spacial score (nSPS) is 14.1. The number of amides is 1. The van der Waals surface area contributed by atoms with Gasteiger partial charge in [-0.1, -0.05) is 17.7 Å². The van der Waals surface area contributed by atoms with Crippen LogP contribution in [0.25, 0.3) is 10.9 Å². The molecule has 0 saturated heterocycles. The molecule has 0 saturated carbocycles. The molecule has 1 amide bonds. The van der Waals surface area contributed by atoms with Gasteiger partial charge in [0.05, 0.1) is 12.1 Å². The molecule has 2 heterocycles. The molecule has 1 aliphatic rings. The lowest BCUT2D eigenvalue weighted by molar-refractivity contribution is -0.117. The molecule has 3 aromatic rings. The van der Waals surface area contributed by atoms with Crippen molar-refractivity contribution in [2.75, 3.05) is 18.4 Å². The molecule has 0 bridgehead atoms. The number of pyridine rings is 1. The molecule has 1 aromatic heterocycles. The Morgan fingerprint density at radius 3 is 2.71 bits per heavy atom. The Morgan fingerprint density at radius 1 is 1.21 bits per heavy atom. The number of nitrogens with zero attached hydrogens (tertiary/aromatic N) is 1. The molecule has 0 unspecified atom stereocenters. The molecule has 28 heavy (non-hydrogen) atoms. The van der Waals surface area contributed by atoms with Crippen molar-refractivity contribution in [2.45, 2.75) is 26.8 Å². The summed E-state index contributed by atoms with van der Waals surface area (Å²) in [6.45, 7) is 5.47. The van der Waals surface area contributed by atoms with E-state index in [9.17, 15) is 9.59 Å². The van der Waals surface area contributed by atoms with E-state index in [0.29, 0.717) is 17.3 Å². The standard InChI is InChI=1S/C22H22ClN3O2/c1-13-9-14(2)21-17(10-13)22(28)18-11-26(8-7-19(18)25-21)12-20(27)24-16-5-3-15(23)4-6-16/h3-6,9-10H,7-8,11-12H2,1-2H3,(H,24,27)(H,25,28). The minimum Gasteiger partial charge on any atom is -0.358 e. The maximum absolute atomic E-state index is 13.1. The number of carbonyl (C=O) groups is 1. The Kier molecular flexibility index (Phi) is 4.96. The predicted molar refractivity (Wildman–Crippen MR) is 113 cm³/mol. The number of carbonyl (C=O) groups excluding carboxylic acids is 1. The maximum Gasteiger partial charge on any atom is 0.238 e. The summed E-state index contributed by atoms with van der Waals surface area (Å²) >= 11 is 5.87. The third kappa shape index (κ3) is 3.68. The first-order chi connectivity index (χ1) is 13.4. The summed E-state index contributed by atoms with van der Waals surface area (Å²) in [7, 11) is 0. The van der Waals surface area contributed by atoms with Crippen LogP contribution in [0.15, 0.2) is 41.2 Å². The first-order valence-electron chi connectivity index (χ1n) is 9.33. The van der Waals surface area contributed by atoms with Gasteiger partial charge >= 0.3 is 0 Å². The van der Waals surface area contributed by atoms with Crippen molar-refractivity contribution >= 4 is 34.1 Å². The van der Waals surface area contributed by atoms with Crippen LogP contribution < -0.4 is 10.7 Å². The molecule has 6 heteroatoms. The molecule has 2 aromatic carbocycles. The van der Waals surface area contributed by atoms with Crippen molar-refractivity contribution in [1.82, 2.24) is 9.88 Å². The number of H-pyrrole nitrogens is 1. The summed E-state index contributed by atoms with van der Waals surface area (Å²) < 4.78 is 0. The second-order valence-electron chi connectivity index (χ2n) is 7.43. The van der Waals surface area contributed by atoms with Gasteiger partial charge in [0.25, 0.3) is 0 Å². The zero-order chi connectivity index (χ0) is 19.8. The first-order valence-corrected chi connectivity index (χ1v) is 9.71. The average Bonchev–Trinajstić information content (AvgIpc) is 2.65. The van der Waals surface area contributed by atoms with E-state index >= 15 is 0 Å². The van der Waals surface area contributed by atoms with Crippen LogP contribution in [0.3, 0.4) is 0 Å². The van der Waals surface area contributed by atoms with Crippen LogP contribution in [0.4, 0.5) is 5.69 Å². The molecule has 4 rings (SSSR count). The Balaban J connectivity index is 1.54. The minimum absolute atomic E-state index is 0.0679. The number of anilines is 1. The molecule has 2 N–H and O–H groups in total. The van der Waals surface area contributed by atoms with Gasteiger partial charge in [-0.15, -0.1) is 0 Å². The van der Waals surface area contributed by atoms with Crippen molar-refractivity contribution in [3.05, 3.63) is 74.0 Å². The van der Waals surface area contributed by atoms with Crippen LogP contribution in [0.1, 0.15) is 22.4 Å². The number of halogens is 1. The summed E-state index contributed by atoms with van der Waals surface area (Å²) in [5.74, 6) is -0.102. The molecular formula is C22H22ClN3O2. The van der Waals surface area contributed by atoms with Crippen molar-refractivity contribution in [2.24, 2.45) is 0 Å². The van der Waals surface area contributed by atoms with Gasteiger partial charge in [0.1, 0.15) is 0 Å². The monoisotopic (exact) mass is 395 g/mol. The third-order valence-corrected chi connectivity index (χ3v) is 5.45. The SMILES string of the molecule is Cc1cc(C)c2[nH]c3c(c(=O)c2c1)CN(CC(=O)Nc1ccc(Cl)cc1)CC3. The molecule has 144 valence electrons. The Morgan fingerprint density at radius 2 is 1.96 bits per heavy atom. The largest absolute Gasteiger partial charge is 0.358 e. The van der Waals surface area contributed by atoms with Crippen LogP contribution in [0.5, 0.6) is 0 Å². The van der Waals surface area contributed by atoms with E-state index in [-0.39, 0.29) is 17.9 Å². The fourth-order valence-electron chi connectivity index (χ4n) is 3.86. The van der Waals surface area contributed by atoms with E-state index in [1.54, 1.807) is 24.3 Å². The first kappa shape index (κ1) is 18.7.